The zero-order chi connectivity index (χ0) is 12.3. The quantitative estimate of drug-likeness (QED) is 0.865. The molecular weight excluding hydrogens is 214 g/mol. The van der Waals surface area contributed by atoms with Crippen LogP contribution >= 0.6 is 0 Å². The van der Waals surface area contributed by atoms with E-state index in [1.54, 1.807) is 12.3 Å². The van der Waals surface area contributed by atoms with Crippen molar-refractivity contribution in [3.63, 3.8) is 0 Å². The van der Waals surface area contributed by atoms with E-state index in [1.807, 2.05) is 6.07 Å². The van der Waals surface area contributed by atoms with Gasteiger partial charge in [-0.2, -0.15) is 0 Å². The molecule has 0 atom stereocenters. The second-order valence-electron chi connectivity index (χ2n) is 4.55. The number of hydrogen-bond donors (Lipinski definition) is 1. The second kappa shape index (κ2) is 5.27. The summed E-state index contributed by atoms with van der Waals surface area (Å²) >= 11 is 0. The summed E-state index contributed by atoms with van der Waals surface area (Å²) in [5.74, 6) is 1.58. The van der Waals surface area contributed by atoms with Gasteiger partial charge in [-0.3, -0.25) is 0 Å². The van der Waals surface area contributed by atoms with E-state index in [1.165, 1.54) is 0 Å². The molecule has 0 bridgehead atoms. The average Bonchev–Trinajstić information content (AvgIpc) is 2.39. The molecule has 0 aromatic carbocycles. The van der Waals surface area contributed by atoms with E-state index in [0.717, 1.165) is 31.5 Å². The lowest BCUT2D eigenvalue weighted by atomic mass is 9.92. The van der Waals surface area contributed by atoms with Gasteiger partial charge in [-0.15, -0.1) is 0 Å². The Morgan fingerprint density at radius 2 is 2.12 bits per heavy atom. The second-order valence-corrected chi connectivity index (χ2v) is 4.55. The summed E-state index contributed by atoms with van der Waals surface area (Å²) in [4.78, 5) is 10.7. The molecule has 2 rings (SSSR count). The van der Waals surface area contributed by atoms with Crippen molar-refractivity contribution in [3.8, 4) is 0 Å². The highest BCUT2D eigenvalue weighted by Crippen LogP contribution is 2.25. The molecule has 1 heterocycles. The molecule has 0 saturated heterocycles. The average molecular weight is 233 g/mol. The van der Waals surface area contributed by atoms with Crippen LogP contribution in [0.2, 0.25) is 0 Å². The van der Waals surface area contributed by atoms with Gasteiger partial charge < -0.3 is 10.0 Å². The van der Waals surface area contributed by atoms with Gasteiger partial charge in [0.05, 0.1) is 6.10 Å². The Morgan fingerprint density at radius 3 is 2.76 bits per heavy atom. The van der Waals surface area contributed by atoms with Gasteiger partial charge in [0, 0.05) is 19.3 Å². The lowest BCUT2D eigenvalue weighted by Gasteiger charge is -2.33. The van der Waals surface area contributed by atoms with Crippen molar-refractivity contribution in [1.29, 1.82) is 0 Å². The molecule has 0 unspecified atom stereocenters. The van der Waals surface area contributed by atoms with Crippen LogP contribution in [0, 0.1) is 0 Å². The van der Waals surface area contributed by atoms with E-state index in [-0.39, 0.29) is 6.10 Å². The highest BCUT2D eigenvalue weighted by atomic mass is 16.3. The molecule has 0 amide bonds. The number of aliphatic hydroxyl groups is 1. The smallest absolute Gasteiger partial charge is 0.153 e. The van der Waals surface area contributed by atoms with E-state index >= 15 is 0 Å². The van der Waals surface area contributed by atoms with Crippen LogP contribution in [0.3, 0.4) is 0 Å². The third-order valence-corrected chi connectivity index (χ3v) is 3.42. The lowest BCUT2D eigenvalue weighted by Crippen LogP contribution is -2.36. The Balaban J connectivity index is 2.08. The summed E-state index contributed by atoms with van der Waals surface area (Å²) in [6.07, 6.45) is 7.10. The normalized spacial score (nSPS) is 24.4. The van der Waals surface area contributed by atoms with Crippen molar-refractivity contribution in [2.45, 2.75) is 37.8 Å². The molecular formula is C13H19N3O. The molecule has 1 fully saturated rings. The zero-order valence-electron chi connectivity index (χ0n) is 10.2. The number of anilines is 1. The first kappa shape index (κ1) is 12.0. The standard InChI is InChI=1S/C13H19N3O/c1-3-12-14-9-8-13(15-12)16(2)10-4-6-11(17)7-5-10/h3,8-11,17H,1,4-7H2,2H3. The molecule has 4 nitrogen and oxygen atoms in total. The number of aliphatic hydroxyl groups excluding tert-OH is 1. The van der Waals surface area contributed by atoms with Gasteiger partial charge in [-0.05, 0) is 37.8 Å². The van der Waals surface area contributed by atoms with Crippen molar-refractivity contribution in [2.24, 2.45) is 0 Å². The van der Waals surface area contributed by atoms with Crippen molar-refractivity contribution in [3.05, 3.63) is 24.7 Å². The fourth-order valence-corrected chi connectivity index (χ4v) is 2.29. The van der Waals surface area contributed by atoms with Gasteiger partial charge >= 0.3 is 0 Å². The molecule has 1 aromatic rings. The maximum Gasteiger partial charge on any atom is 0.153 e. The van der Waals surface area contributed by atoms with E-state index in [2.05, 4.69) is 28.5 Å². The van der Waals surface area contributed by atoms with Crippen LogP contribution in [0.5, 0.6) is 0 Å². The third-order valence-electron chi connectivity index (χ3n) is 3.42. The summed E-state index contributed by atoms with van der Waals surface area (Å²) in [5.41, 5.74) is 0. The zero-order valence-corrected chi connectivity index (χ0v) is 10.2. The fraction of sp³-hybridized carbons (Fsp3) is 0.538. The predicted octanol–water partition coefficient (Wildman–Crippen LogP) is 1.86. The predicted molar refractivity (Wildman–Crippen MR) is 68.8 cm³/mol. The summed E-state index contributed by atoms with van der Waals surface area (Å²) in [7, 11) is 2.05. The van der Waals surface area contributed by atoms with Gasteiger partial charge in [0.1, 0.15) is 5.82 Å². The van der Waals surface area contributed by atoms with Crippen LogP contribution in [-0.2, 0) is 0 Å². The minimum Gasteiger partial charge on any atom is -0.393 e. The molecule has 1 aliphatic rings. The van der Waals surface area contributed by atoms with Crippen LogP contribution in [0.4, 0.5) is 5.82 Å². The first-order valence-electron chi connectivity index (χ1n) is 6.07. The van der Waals surface area contributed by atoms with Crippen LogP contribution in [0.15, 0.2) is 18.8 Å². The molecule has 92 valence electrons. The fourth-order valence-electron chi connectivity index (χ4n) is 2.29. The highest BCUT2D eigenvalue weighted by Gasteiger charge is 2.23. The van der Waals surface area contributed by atoms with E-state index < -0.39 is 0 Å². The maximum absolute atomic E-state index is 9.50. The maximum atomic E-state index is 9.50. The molecule has 17 heavy (non-hydrogen) atoms. The summed E-state index contributed by atoms with van der Waals surface area (Å²) < 4.78 is 0. The van der Waals surface area contributed by atoms with Crippen LogP contribution in [0.1, 0.15) is 31.5 Å². The molecule has 0 spiro atoms. The SMILES string of the molecule is C=Cc1nccc(N(C)C2CCC(O)CC2)n1. The van der Waals surface area contributed by atoms with Gasteiger partial charge in [0.15, 0.2) is 5.82 Å². The molecule has 1 aliphatic carbocycles. The molecule has 0 radical (unpaired) electrons. The Bertz CT molecular complexity index is 386. The number of rotatable bonds is 3. The Labute approximate surface area is 102 Å². The van der Waals surface area contributed by atoms with Gasteiger partial charge in [0.2, 0.25) is 0 Å². The van der Waals surface area contributed by atoms with Crippen molar-refractivity contribution in [2.75, 3.05) is 11.9 Å². The molecule has 4 heteroatoms. The van der Waals surface area contributed by atoms with Crippen molar-refractivity contribution in [1.82, 2.24) is 9.97 Å². The van der Waals surface area contributed by atoms with E-state index in [0.29, 0.717) is 11.9 Å². The lowest BCUT2D eigenvalue weighted by molar-refractivity contribution is 0.122. The highest BCUT2D eigenvalue weighted by molar-refractivity contribution is 5.44. The summed E-state index contributed by atoms with van der Waals surface area (Å²) in [5, 5.41) is 9.50. The molecule has 0 aliphatic heterocycles. The largest absolute Gasteiger partial charge is 0.393 e. The molecule has 1 saturated carbocycles. The van der Waals surface area contributed by atoms with Gasteiger partial charge in [-0.25, -0.2) is 9.97 Å². The number of nitrogens with zero attached hydrogens (tertiary/aromatic N) is 3. The third kappa shape index (κ3) is 2.82. The Morgan fingerprint density at radius 1 is 1.41 bits per heavy atom. The van der Waals surface area contributed by atoms with Crippen LogP contribution in [-0.4, -0.2) is 34.3 Å². The summed E-state index contributed by atoms with van der Waals surface area (Å²) in [6, 6.07) is 2.38. The topological polar surface area (TPSA) is 49.2 Å². The first-order chi connectivity index (χ1) is 8.20. The minimum absolute atomic E-state index is 0.117. The minimum atomic E-state index is -0.117. The van der Waals surface area contributed by atoms with Crippen LogP contribution < -0.4 is 4.90 Å². The Hall–Kier alpha value is -1.42. The van der Waals surface area contributed by atoms with Crippen LogP contribution in [0.25, 0.3) is 6.08 Å². The van der Waals surface area contributed by atoms with Crippen molar-refractivity contribution >= 4 is 11.9 Å². The van der Waals surface area contributed by atoms with Crippen molar-refractivity contribution < 1.29 is 5.11 Å². The molecule has 1 aromatic heterocycles. The van der Waals surface area contributed by atoms with Gasteiger partial charge in [0.25, 0.3) is 0 Å². The first-order valence-corrected chi connectivity index (χ1v) is 6.07. The van der Waals surface area contributed by atoms with E-state index in [4.69, 9.17) is 0 Å². The summed E-state index contributed by atoms with van der Waals surface area (Å²) in [6.45, 7) is 3.68. The van der Waals surface area contributed by atoms with E-state index in [9.17, 15) is 5.11 Å². The molecule has 1 N–H and O–H groups in total. The number of aromatic nitrogens is 2. The Kier molecular flexibility index (Phi) is 3.74. The number of hydrogen-bond acceptors (Lipinski definition) is 4. The monoisotopic (exact) mass is 233 g/mol. The van der Waals surface area contributed by atoms with Gasteiger partial charge in [-0.1, -0.05) is 6.58 Å².